The van der Waals surface area contributed by atoms with Crippen LogP contribution in [0.25, 0.3) is 0 Å². The summed E-state index contributed by atoms with van der Waals surface area (Å²) in [6, 6.07) is 19.4. The van der Waals surface area contributed by atoms with Crippen molar-refractivity contribution in [2.45, 2.75) is 32.5 Å². The molecule has 2 aromatic rings. The van der Waals surface area contributed by atoms with E-state index in [0.29, 0.717) is 11.1 Å². The maximum Gasteiger partial charge on any atom is 0.333 e. The van der Waals surface area contributed by atoms with E-state index in [9.17, 15) is 9.59 Å². The zero-order chi connectivity index (χ0) is 24.3. The van der Waals surface area contributed by atoms with Gasteiger partial charge in [0.2, 0.25) is 0 Å². The van der Waals surface area contributed by atoms with E-state index in [1.165, 1.54) is 0 Å². The standard InChI is InChI=1S/C27H32O6/c1-20(2)25(28)31-17-16-30-22(5)27(23-12-8-6-9-13-23,24-14-10-7-11-15-24)33-19-18-32-26(29)21(3)4/h6-15,22H,1,3,16-19H2,2,4-5H3. The van der Waals surface area contributed by atoms with Gasteiger partial charge in [-0.15, -0.1) is 0 Å². The average molecular weight is 453 g/mol. The number of hydrogen-bond acceptors (Lipinski definition) is 6. The molecule has 0 spiro atoms. The van der Waals surface area contributed by atoms with Crippen LogP contribution in [0.1, 0.15) is 31.9 Å². The molecule has 0 fully saturated rings. The third-order valence-corrected chi connectivity index (χ3v) is 5.01. The Bertz CT molecular complexity index is 896. The Balaban J connectivity index is 2.28. The quantitative estimate of drug-likeness (QED) is 0.251. The number of ether oxygens (including phenoxy) is 4. The van der Waals surface area contributed by atoms with Crippen LogP contribution in [0.2, 0.25) is 0 Å². The average Bonchev–Trinajstić information content (AvgIpc) is 2.82. The van der Waals surface area contributed by atoms with E-state index in [0.717, 1.165) is 11.1 Å². The number of carbonyl (C=O) groups excluding carboxylic acids is 2. The van der Waals surface area contributed by atoms with Crippen LogP contribution < -0.4 is 0 Å². The van der Waals surface area contributed by atoms with Crippen LogP contribution in [0.3, 0.4) is 0 Å². The molecule has 0 aromatic heterocycles. The van der Waals surface area contributed by atoms with Gasteiger partial charge >= 0.3 is 11.9 Å². The number of esters is 2. The lowest BCUT2D eigenvalue weighted by Gasteiger charge is -2.40. The Morgan fingerprint density at radius 1 is 0.758 bits per heavy atom. The summed E-state index contributed by atoms with van der Waals surface area (Å²) in [6.07, 6.45) is -0.470. The molecule has 0 bridgehead atoms. The summed E-state index contributed by atoms with van der Waals surface area (Å²) in [5, 5.41) is 0. The molecule has 1 unspecified atom stereocenters. The lowest BCUT2D eigenvalue weighted by molar-refractivity contribution is -0.155. The molecule has 0 heterocycles. The molecule has 6 nitrogen and oxygen atoms in total. The Labute approximate surface area is 195 Å². The maximum atomic E-state index is 11.8. The van der Waals surface area contributed by atoms with Gasteiger partial charge < -0.3 is 18.9 Å². The van der Waals surface area contributed by atoms with Gasteiger partial charge in [-0.3, -0.25) is 0 Å². The summed E-state index contributed by atoms with van der Waals surface area (Å²) >= 11 is 0. The minimum absolute atomic E-state index is 0.0655. The van der Waals surface area contributed by atoms with Crippen LogP contribution >= 0.6 is 0 Å². The van der Waals surface area contributed by atoms with Crippen molar-refractivity contribution in [3.05, 3.63) is 96.1 Å². The summed E-state index contributed by atoms with van der Waals surface area (Å²) in [7, 11) is 0. The molecule has 176 valence electrons. The van der Waals surface area contributed by atoms with Gasteiger partial charge in [0, 0.05) is 11.1 Å². The van der Waals surface area contributed by atoms with Gasteiger partial charge in [0.05, 0.1) is 19.3 Å². The van der Waals surface area contributed by atoms with Crippen molar-refractivity contribution in [2.75, 3.05) is 26.4 Å². The molecule has 0 saturated heterocycles. The third kappa shape index (κ3) is 7.14. The highest BCUT2D eigenvalue weighted by molar-refractivity contribution is 5.87. The highest BCUT2D eigenvalue weighted by Crippen LogP contribution is 2.38. The first kappa shape index (κ1) is 26.0. The first-order valence-corrected chi connectivity index (χ1v) is 10.8. The maximum absolute atomic E-state index is 11.8. The number of hydrogen-bond donors (Lipinski definition) is 0. The third-order valence-electron chi connectivity index (χ3n) is 5.01. The Hall–Kier alpha value is -3.22. The molecule has 0 amide bonds. The van der Waals surface area contributed by atoms with Crippen molar-refractivity contribution in [1.29, 1.82) is 0 Å². The van der Waals surface area contributed by atoms with Crippen LogP contribution in [0.4, 0.5) is 0 Å². The predicted octanol–water partition coefficient (Wildman–Crippen LogP) is 4.59. The first-order valence-electron chi connectivity index (χ1n) is 10.8. The molecule has 0 N–H and O–H groups in total. The predicted molar refractivity (Wildman–Crippen MR) is 127 cm³/mol. The number of rotatable bonds is 13. The van der Waals surface area contributed by atoms with Crippen molar-refractivity contribution in [2.24, 2.45) is 0 Å². The molecule has 33 heavy (non-hydrogen) atoms. The van der Waals surface area contributed by atoms with Gasteiger partial charge in [-0.1, -0.05) is 73.8 Å². The van der Waals surface area contributed by atoms with Gasteiger partial charge in [-0.25, -0.2) is 9.59 Å². The smallest absolute Gasteiger partial charge is 0.333 e. The Morgan fingerprint density at radius 3 is 1.61 bits per heavy atom. The van der Waals surface area contributed by atoms with E-state index in [-0.39, 0.29) is 26.4 Å². The molecular formula is C27H32O6. The summed E-state index contributed by atoms with van der Waals surface area (Å²) < 4.78 is 22.9. The van der Waals surface area contributed by atoms with Gasteiger partial charge in [0.15, 0.2) is 0 Å². The van der Waals surface area contributed by atoms with Crippen molar-refractivity contribution in [1.82, 2.24) is 0 Å². The fraction of sp³-hybridized carbons (Fsp3) is 0.333. The van der Waals surface area contributed by atoms with Crippen molar-refractivity contribution in [3.63, 3.8) is 0 Å². The molecule has 6 heteroatoms. The molecule has 0 aliphatic carbocycles. The molecule has 1 atom stereocenters. The minimum Gasteiger partial charge on any atom is -0.460 e. The van der Waals surface area contributed by atoms with Gasteiger partial charge in [-0.2, -0.15) is 0 Å². The van der Waals surface area contributed by atoms with Gasteiger partial charge in [-0.05, 0) is 31.9 Å². The van der Waals surface area contributed by atoms with E-state index in [2.05, 4.69) is 13.2 Å². The monoisotopic (exact) mass is 452 g/mol. The normalized spacial score (nSPS) is 12.0. The highest BCUT2D eigenvalue weighted by atomic mass is 16.6. The molecule has 0 aliphatic rings. The minimum atomic E-state index is -0.990. The second-order valence-electron chi connectivity index (χ2n) is 7.66. The molecular weight excluding hydrogens is 420 g/mol. The van der Waals surface area contributed by atoms with E-state index in [1.54, 1.807) is 13.8 Å². The fourth-order valence-corrected chi connectivity index (χ4v) is 3.35. The molecule has 0 radical (unpaired) electrons. The van der Waals surface area contributed by atoms with Crippen LogP contribution in [0.5, 0.6) is 0 Å². The van der Waals surface area contributed by atoms with Gasteiger partial charge in [0.1, 0.15) is 18.8 Å². The Kier molecular flexibility index (Phi) is 10.0. The lowest BCUT2D eigenvalue weighted by atomic mass is 9.81. The second-order valence-corrected chi connectivity index (χ2v) is 7.66. The first-order chi connectivity index (χ1) is 15.8. The summed E-state index contributed by atoms with van der Waals surface area (Å²) in [4.78, 5) is 23.4. The van der Waals surface area contributed by atoms with E-state index >= 15 is 0 Å². The topological polar surface area (TPSA) is 71.1 Å². The zero-order valence-corrected chi connectivity index (χ0v) is 19.5. The van der Waals surface area contributed by atoms with Crippen LogP contribution in [-0.4, -0.2) is 44.5 Å². The van der Waals surface area contributed by atoms with Crippen LogP contribution in [-0.2, 0) is 34.1 Å². The molecule has 0 saturated carbocycles. The second kappa shape index (κ2) is 12.7. The van der Waals surface area contributed by atoms with E-state index in [1.807, 2.05) is 67.6 Å². The molecule has 0 aliphatic heterocycles. The summed E-state index contributed by atoms with van der Waals surface area (Å²) in [6.45, 7) is 12.7. The Morgan fingerprint density at radius 2 is 1.18 bits per heavy atom. The van der Waals surface area contributed by atoms with Crippen LogP contribution in [0, 0.1) is 0 Å². The zero-order valence-electron chi connectivity index (χ0n) is 19.5. The fourth-order valence-electron chi connectivity index (χ4n) is 3.35. The summed E-state index contributed by atoms with van der Waals surface area (Å²) in [5.74, 6) is -0.925. The van der Waals surface area contributed by atoms with Crippen molar-refractivity contribution in [3.8, 4) is 0 Å². The van der Waals surface area contributed by atoms with Crippen molar-refractivity contribution >= 4 is 11.9 Å². The molecule has 2 aromatic carbocycles. The van der Waals surface area contributed by atoms with Crippen LogP contribution in [0.15, 0.2) is 85.0 Å². The van der Waals surface area contributed by atoms with E-state index < -0.39 is 23.6 Å². The van der Waals surface area contributed by atoms with Gasteiger partial charge in [0.25, 0.3) is 0 Å². The van der Waals surface area contributed by atoms with Crippen molar-refractivity contribution < 1.29 is 28.5 Å². The highest BCUT2D eigenvalue weighted by Gasteiger charge is 2.42. The summed E-state index contributed by atoms with van der Waals surface area (Å²) in [5.41, 5.74) is 1.44. The molecule has 2 rings (SSSR count). The number of benzene rings is 2. The SMILES string of the molecule is C=C(C)C(=O)OCCOC(C)C(OCCOC(=O)C(=C)C)(c1ccccc1)c1ccccc1. The largest absolute Gasteiger partial charge is 0.460 e. The van der Waals surface area contributed by atoms with E-state index in [4.69, 9.17) is 18.9 Å². The number of carbonyl (C=O) groups is 2. The lowest BCUT2D eigenvalue weighted by Crippen LogP contribution is -2.44.